The van der Waals surface area contributed by atoms with Crippen LogP contribution in [-0.4, -0.2) is 20.2 Å². The fourth-order valence-electron chi connectivity index (χ4n) is 0.777. The van der Waals surface area contributed by atoms with Crippen LogP contribution in [0.25, 0.3) is 11.0 Å². The van der Waals surface area contributed by atoms with Crippen molar-refractivity contribution in [3.63, 3.8) is 0 Å². The summed E-state index contributed by atoms with van der Waals surface area (Å²) in [6.07, 6.45) is 2.78. The number of nitrogens with zero attached hydrogens (tertiary/aromatic N) is 2. The first-order valence-corrected chi connectivity index (χ1v) is 2.75. The van der Waals surface area contributed by atoms with Gasteiger partial charge in [0.2, 0.25) is 0 Å². The zero-order valence-electron chi connectivity index (χ0n) is 4.96. The summed E-state index contributed by atoms with van der Waals surface area (Å²) in [6, 6.07) is 0. The average molecular weight is 139 g/mol. The maximum absolute atomic E-state index is 10.9. The first kappa shape index (κ1) is 5.16. The van der Waals surface area contributed by atoms with Crippen molar-refractivity contribution >= 4 is 11.0 Å². The number of aromatic amines is 2. The van der Waals surface area contributed by atoms with Crippen LogP contribution in [0.5, 0.6) is 0 Å². The maximum atomic E-state index is 10.9. The van der Waals surface area contributed by atoms with E-state index in [1.54, 1.807) is 0 Å². The Balaban J connectivity index is 3.09. The normalized spacial score (nSPS) is 10.4. The Morgan fingerprint density at radius 1 is 1.50 bits per heavy atom. The molecule has 10 heavy (non-hydrogen) atoms. The number of fused-ring (bicyclic) bond motifs is 1. The van der Waals surface area contributed by atoms with Gasteiger partial charge in [0, 0.05) is 0 Å². The first-order chi connectivity index (χ1) is 4.88. The highest BCUT2D eigenvalue weighted by atomic mass is 16.1. The van der Waals surface area contributed by atoms with Crippen LogP contribution in [0, 0.1) is 0 Å². The highest BCUT2D eigenvalue weighted by Gasteiger charge is 1.97. The molecule has 5 heteroatoms. The van der Waals surface area contributed by atoms with Gasteiger partial charge in [-0.25, -0.2) is 4.98 Å². The Hall–Kier alpha value is -1.65. The van der Waals surface area contributed by atoms with Crippen molar-refractivity contribution in [1.82, 2.24) is 20.2 Å². The molecule has 5 nitrogen and oxygen atoms in total. The highest BCUT2D eigenvalue weighted by molar-refractivity contribution is 5.71. The lowest BCUT2D eigenvalue weighted by Crippen LogP contribution is -2.04. The molecular formula is C5H4N4O. The molecule has 2 heterocycles. The third-order valence-corrected chi connectivity index (χ3v) is 1.25. The summed E-state index contributed by atoms with van der Waals surface area (Å²) in [4.78, 5) is 17.1. The van der Waals surface area contributed by atoms with E-state index in [0.29, 0.717) is 11.0 Å². The predicted octanol–water partition coefficient (Wildman–Crippen LogP) is -0.354. The number of hydrogen-bond donors (Lipinski definition) is 2. The second-order valence-corrected chi connectivity index (χ2v) is 1.86. The molecule has 0 aliphatic heterocycles. The van der Waals surface area contributed by atoms with Gasteiger partial charge in [-0.2, -0.15) is 5.10 Å². The lowest BCUT2D eigenvalue weighted by atomic mass is 10.5. The van der Waals surface area contributed by atoms with Gasteiger partial charge in [0.05, 0.1) is 12.5 Å². The zero-order valence-corrected chi connectivity index (χ0v) is 4.96. The lowest BCUT2D eigenvalue weighted by molar-refractivity contribution is 1.08. The average Bonchev–Trinajstić information content (AvgIpc) is 2.36. The Bertz CT molecular complexity index is 401. The summed E-state index contributed by atoms with van der Waals surface area (Å²) in [5.41, 5.74) is 0.350. The van der Waals surface area contributed by atoms with Gasteiger partial charge in [-0.05, 0) is 0 Å². The summed E-state index contributed by atoms with van der Waals surface area (Å²) in [7, 11) is 0. The Morgan fingerprint density at radius 3 is 3.20 bits per heavy atom. The molecule has 2 aromatic heterocycles. The molecule has 0 aliphatic carbocycles. The van der Waals surface area contributed by atoms with Gasteiger partial charge < -0.3 is 4.98 Å². The van der Waals surface area contributed by atoms with Gasteiger partial charge in [0.1, 0.15) is 5.39 Å². The van der Waals surface area contributed by atoms with Crippen molar-refractivity contribution in [1.29, 1.82) is 0 Å². The second kappa shape index (κ2) is 1.66. The lowest BCUT2D eigenvalue weighted by Gasteiger charge is -1.81. The molecule has 2 N–H and O–H groups in total. The third-order valence-electron chi connectivity index (χ3n) is 1.25. The van der Waals surface area contributed by atoms with Crippen LogP contribution in [0.1, 0.15) is 0 Å². The van der Waals surface area contributed by atoms with Crippen molar-refractivity contribution in [2.24, 2.45) is 0 Å². The standard InChI is InChI=1S/C5H4N4O/c10-5-3-1-8-9-4(3)6-2-7-5/h1-2H,(H2,6,7,8,9,10)/i2+1,8+1,9+1. The molecule has 0 bridgehead atoms. The molecular weight excluding hydrogens is 135 g/mol. The van der Waals surface area contributed by atoms with E-state index in [-0.39, 0.29) is 5.56 Å². The summed E-state index contributed by atoms with van der Waals surface area (Å²) >= 11 is 0. The van der Waals surface area contributed by atoms with E-state index in [4.69, 9.17) is 0 Å². The number of rotatable bonds is 0. The van der Waals surface area contributed by atoms with E-state index in [1.807, 2.05) is 0 Å². The van der Waals surface area contributed by atoms with Gasteiger partial charge in [0.15, 0.2) is 5.65 Å². The van der Waals surface area contributed by atoms with Crippen molar-refractivity contribution in [2.45, 2.75) is 0 Å². The third kappa shape index (κ3) is 0.540. The molecule has 0 saturated carbocycles. The molecule has 0 radical (unpaired) electrons. The van der Waals surface area contributed by atoms with E-state index < -0.39 is 0 Å². The number of nitrogens with one attached hydrogen (secondary N) is 2. The molecule has 0 saturated heterocycles. The molecule has 2 aromatic rings. The van der Waals surface area contributed by atoms with Crippen LogP contribution >= 0.6 is 0 Å². The Labute approximate surface area is 55.1 Å². The maximum Gasteiger partial charge on any atom is 0.261 e. The van der Waals surface area contributed by atoms with Crippen LogP contribution in [0.4, 0.5) is 0 Å². The van der Waals surface area contributed by atoms with Gasteiger partial charge in [-0.3, -0.25) is 9.89 Å². The monoisotopic (exact) mass is 139 g/mol. The minimum absolute atomic E-state index is 0.168. The summed E-state index contributed by atoms with van der Waals surface area (Å²) in [5.74, 6) is 0. The van der Waals surface area contributed by atoms with Crippen LogP contribution in [0.15, 0.2) is 17.3 Å². The van der Waals surface area contributed by atoms with Gasteiger partial charge in [-0.1, -0.05) is 0 Å². The first-order valence-electron chi connectivity index (χ1n) is 2.75. The zero-order chi connectivity index (χ0) is 6.97. The fraction of sp³-hybridized carbons (Fsp3) is 0. The predicted molar refractivity (Wildman–Crippen MR) is 34.5 cm³/mol. The van der Waals surface area contributed by atoms with Crippen molar-refractivity contribution in [3.05, 3.63) is 22.9 Å². The topological polar surface area (TPSA) is 74.4 Å². The largest absolute Gasteiger partial charge is 0.312 e. The fourth-order valence-corrected chi connectivity index (χ4v) is 0.777. The van der Waals surface area contributed by atoms with Gasteiger partial charge >= 0.3 is 0 Å². The molecule has 0 spiro atoms. The molecule has 0 aliphatic rings. The molecule has 0 amide bonds. The minimum atomic E-state index is -0.168. The quantitative estimate of drug-likeness (QED) is 0.523. The summed E-state index contributed by atoms with van der Waals surface area (Å²) < 4.78 is 0. The minimum Gasteiger partial charge on any atom is -0.312 e. The van der Waals surface area contributed by atoms with Crippen molar-refractivity contribution < 1.29 is 0 Å². The van der Waals surface area contributed by atoms with Crippen molar-refractivity contribution in [3.8, 4) is 0 Å². The van der Waals surface area contributed by atoms with E-state index in [9.17, 15) is 4.79 Å². The van der Waals surface area contributed by atoms with Crippen LogP contribution < -0.4 is 5.56 Å². The number of H-pyrrole nitrogens is 2. The van der Waals surface area contributed by atoms with E-state index in [1.165, 1.54) is 12.5 Å². The van der Waals surface area contributed by atoms with Gasteiger partial charge in [0.25, 0.3) is 5.56 Å². The van der Waals surface area contributed by atoms with E-state index in [0.717, 1.165) is 0 Å². The highest BCUT2D eigenvalue weighted by Crippen LogP contribution is 1.96. The van der Waals surface area contributed by atoms with Crippen LogP contribution in [0.3, 0.4) is 0 Å². The SMILES string of the molecule is O=c1[nH][13cH]nc2[15nH][15n]cc12. The smallest absolute Gasteiger partial charge is 0.261 e. The van der Waals surface area contributed by atoms with Crippen molar-refractivity contribution in [2.75, 3.05) is 0 Å². The van der Waals surface area contributed by atoms with E-state index >= 15 is 0 Å². The van der Waals surface area contributed by atoms with Gasteiger partial charge in [-0.15, -0.1) is 0 Å². The summed E-state index contributed by atoms with van der Waals surface area (Å²) in [5, 5.41) is 6.72. The van der Waals surface area contributed by atoms with Crippen LogP contribution in [0.2, 0.25) is 0 Å². The molecule has 2 rings (SSSR count). The summed E-state index contributed by atoms with van der Waals surface area (Å²) in [6.45, 7) is 0. The molecule has 0 unspecified atom stereocenters. The molecule has 0 fully saturated rings. The molecule has 50 valence electrons. The van der Waals surface area contributed by atoms with Crippen LogP contribution in [-0.2, 0) is 0 Å². The molecule has 0 atom stereocenters. The van der Waals surface area contributed by atoms with E-state index in [2.05, 4.69) is 20.2 Å². The Kier molecular flexibility index (Phi) is 0.858. The Morgan fingerprint density at radius 2 is 2.40 bits per heavy atom. The molecule has 0 aromatic carbocycles. The second-order valence-electron chi connectivity index (χ2n) is 1.86. The number of aromatic nitrogens is 4. The number of hydrogen-bond acceptors (Lipinski definition) is 3.